The van der Waals surface area contributed by atoms with Gasteiger partial charge in [0.05, 0.1) is 12.0 Å². The van der Waals surface area contributed by atoms with Crippen LogP contribution in [0.2, 0.25) is 0 Å². The average molecular weight is 199 g/mol. The SMILES string of the molecule is COC1OCC12CC2/C=C/CN(N)[O-]. The first-order valence-corrected chi connectivity index (χ1v) is 4.69. The minimum atomic E-state index is -0.0571. The Bertz CT molecular complexity index is 242. The molecule has 1 spiro atoms. The van der Waals surface area contributed by atoms with Gasteiger partial charge in [0.25, 0.3) is 0 Å². The molecule has 0 aromatic heterocycles. The lowest BCUT2D eigenvalue weighted by Crippen LogP contribution is -2.44. The molecule has 1 aliphatic heterocycles. The number of ether oxygens (including phenoxy) is 2. The lowest BCUT2D eigenvalue weighted by atomic mass is 9.99. The first kappa shape index (κ1) is 10.1. The van der Waals surface area contributed by atoms with Gasteiger partial charge in [-0.25, -0.2) is 0 Å². The fraction of sp³-hybridized carbons (Fsp3) is 0.778. The van der Waals surface area contributed by atoms with Crippen LogP contribution >= 0.6 is 0 Å². The van der Waals surface area contributed by atoms with Crippen molar-refractivity contribution < 1.29 is 9.47 Å². The predicted molar refractivity (Wildman–Crippen MR) is 50.7 cm³/mol. The maximum absolute atomic E-state index is 10.4. The molecule has 0 aromatic carbocycles. The smallest absolute Gasteiger partial charge is 0.165 e. The summed E-state index contributed by atoms with van der Waals surface area (Å²) < 4.78 is 10.4. The highest BCUT2D eigenvalue weighted by Crippen LogP contribution is 2.62. The van der Waals surface area contributed by atoms with Crippen molar-refractivity contribution in [1.82, 2.24) is 5.17 Å². The lowest BCUT2D eigenvalue weighted by Gasteiger charge is -2.36. The van der Waals surface area contributed by atoms with Crippen LogP contribution in [0.5, 0.6) is 0 Å². The van der Waals surface area contributed by atoms with Crippen LogP contribution < -0.4 is 5.84 Å². The fourth-order valence-electron chi connectivity index (χ4n) is 2.04. The summed E-state index contributed by atoms with van der Waals surface area (Å²) in [6, 6.07) is 0. The monoisotopic (exact) mass is 199 g/mol. The lowest BCUT2D eigenvalue weighted by molar-refractivity contribution is -0.264. The van der Waals surface area contributed by atoms with Crippen LogP contribution in [0.1, 0.15) is 6.42 Å². The van der Waals surface area contributed by atoms with Gasteiger partial charge in [0.15, 0.2) is 6.29 Å². The van der Waals surface area contributed by atoms with Crippen LogP contribution in [-0.4, -0.2) is 31.7 Å². The Morgan fingerprint density at radius 2 is 2.57 bits per heavy atom. The van der Waals surface area contributed by atoms with Gasteiger partial charge in [0.1, 0.15) is 0 Å². The van der Waals surface area contributed by atoms with Crippen molar-refractivity contribution in [3.05, 3.63) is 17.4 Å². The van der Waals surface area contributed by atoms with Gasteiger partial charge in [-0.05, 0) is 12.3 Å². The van der Waals surface area contributed by atoms with E-state index in [1.165, 1.54) is 0 Å². The maximum atomic E-state index is 10.4. The minimum Gasteiger partial charge on any atom is -0.772 e. The Morgan fingerprint density at radius 1 is 1.79 bits per heavy atom. The maximum Gasteiger partial charge on any atom is 0.165 e. The van der Waals surface area contributed by atoms with Crippen LogP contribution in [0.3, 0.4) is 0 Å². The summed E-state index contributed by atoms with van der Waals surface area (Å²) in [5.41, 5.74) is 0.202. The van der Waals surface area contributed by atoms with E-state index in [0.717, 1.165) is 13.0 Å². The third-order valence-electron chi connectivity index (χ3n) is 3.02. The van der Waals surface area contributed by atoms with Crippen LogP contribution in [0, 0.1) is 16.5 Å². The summed E-state index contributed by atoms with van der Waals surface area (Å²) in [5, 5.41) is 10.8. The number of hydrazine groups is 1. The van der Waals surface area contributed by atoms with Gasteiger partial charge in [-0.3, -0.25) is 5.84 Å². The Labute approximate surface area is 83.0 Å². The normalized spacial score (nSPS) is 40.9. The van der Waals surface area contributed by atoms with Crippen molar-refractivity contribution >= 4 is 0 Å². The van der Waals surface area contributed by atoms with Crippen LogP contribution in [0.15, 0.2) is 12.2 Å². The number of hydrogen-bond acceptors (Lipinski definition) is 5. The van der Waals surface area contributed by atoms with E-state index in [4.69, 9.17) is 15.3 Å². The first-order chi connectivity index (χ1) is 6.69. The van der Waals surface area contributed by atoms with Crippen LogP contribution in [0.4, 0.5) is 0 Å². The second-order valence-corrected chi connectivity index (χ2v) is 3.95. The number of hydrogen-bond donors (Lipinski definition) is 1. The van der Waals surface area contributed by atoms with Crippen LogP contribution in [0.25, 0.3) is 0 Å². The Morgan fingerprint density at radius 3 is 3.07 bits per heavy atom. The standard InChI is InChI=1S/C9H15N2O3/c1-13-8-9(6-14-8)5-7(9)3-2-4-11(10)12/h2-3,7-8H,4-6,10H2,1H3/q-1/b3-2+. The van der Waals surface area contributed by atoms with Crippen molar-refractivity contribution in [3.8, 4) is 0 Å². The largest absolute Gasteiger partial charge is 0.772 e. The van der Waals surface area contributed by atoms with E-state index in [0.29, 0.717) is 11.1 Å². The zero-order valence-electron chi connectivity index (χ0n) is 8.18. The molecule has 2 aliphatic rings. The topological polar surface area (TPSA) is 70.8 Å². The zero-order valence-corrected chi connectivity index (χ0v) is 8.18. The second kappa shape index (κ2) is 3.60. The van der Waals surface area contributed by atoms with Crippen molar-refractivity contribution in [3.63, 3.8) is 0 Å². The summed E-state index contributed by atoms with van der Waals surface area (Å²) in [4.78, 5) is 0. The molecule has 3 atom stereocenters. The zero-order chi connectivity index (χ0) is 10.2. The minimum absolute atomic E-state index is 0.0571. The van der Waals surface area contributed by atoms with Crippen molar-refractivity contribution in [2.75, 3.05) is 20.3 Å². The molecule has 1 aliphatic carbocycles. The molecule has 0 amide bonds. The molecule has 14 heavy (non-hydrogen) atoms. The van der Waals surface area contributed by atoms with Gasteiger partial charge in [0.2, 0.25) is 0 Å². The number of methoxy groups -OCH3 is 1. The van der Waals surface area contributed by atoms with Gasteiger partial charge >= 0.3 is 0 Å². The number of hydroxylamine groups is 1. The molecule has 0 aromatic rings. The van der Waals surface area contributed by atoms with E-state index in [-0.39, 0.29) is 18.2 Å². The highest BCUT2D eigenvalue weighted by molar-refractivity contribution is 5.17. The second-order valence-electron chi connectivity index (χ2n) is 3.95. The summed E-state index contributed by atoms with van der Waals surface area (Å²) in [5.74, 6) is 5.43. The van der Waals surface area contributed by atoms with E-state index >= 15 is 0 Å². The number of allylic oxidation sites excluding steroid dienone is 1. The Hall–Kier alpha value is -0.460. The summed E-state index contributed by atoms with van der Waals surface area (Å²) in [6.45, 7) is 1.01. The summed E-state index contributed by atoms with van der Waals surface area (Å²) in [7, 11) is 1.66. The molecule has 2 rings (SSSR count). The van der Waals surface area contributed by atoms with E-state index in [2.05, 4.69) is 0 Å². The van der Waals surface area contributed by atoms with Gasteiger partial charge in [0, 0.05) is 13.7 Å². The molecule has 5 heteroatoms. The van der Waals surface area contributed by atoms with Crippen molar-refractivity contribution in [1.29, 1.82) is 0 Å². The van der Waals surface area contributed by atoms with E-state index in [1.807, 2.05) is 6.08 Å². The van der Waals surface area contributed by atoms with E-state index in [9.17, 15) is 5.21 Å². The average Bonchev–Trinajstić information content (AvgIpc) is 2.80. The van der Waals surface area contributed by atoms with E-state index in [1.54, 1.807) is 13.2 Å². The molecule has 1 heterocycles. The highest BCUT2D eigenvalue weighted by atomic mass is 16.7. The van der Waals surface area contributed by atoms with Gasteiger partial charge in [-0.2, -0.15) is 0 Å². The molecular formula is C9H15N2O3-. The number of nitrogens with two attached hydrogens (primary N) is 1. The first-order valence-electron chi connectivity index (χ1n) is 4.69. The van der Waals surface area contributed by atoms with Gasteiger partial charge < -0.3 is 19.9 Å². The summed E-state index contributed by atoms with van der Waals surface area (Å²) >= 11 is 0. The predicted octanol–water partition coefficient (Wildman–Crippen LogP) is 0.225. The van der Waals surface area contributed by atoms with Gasteiger partial charge in [-0.15, -0.1) is 0 Å². The molecule has 5 nitrogen and oxygen atoms in total. The molecule has 3 unspecified atom stereocenters. The number of nitrogens with zero attached hydrogens (tertiary/aromatic N) is 1. The van der Waals surface area contributed by atoms with Crippen LogP contribution in [-0.2, 0) is 9.47 Å². The Balaban J connectivity index is 1.78. The number of rotatable bonds is 4. The van der Waals surface area contributed by atoms with E-state index < -0.39 is 0 Å². The molecule has 1 saturated carbocycles. The van der Waals surface area contributed by atoms with Crippen molar-refractivity contribution in [2.24, 2.45) is 17.2 Å². The van der Waals surface area contributed by atoms with Gasteiger partial charge in [-0.1, -0.05) is 12.2 Å². The fourth-order valence-corrected chi connectivity index (χ4v) is 2.04. The molecule has 2 fully saturated rings. The molecule has 0 radical (unpaired) electrons. The Kier molecular flexibility index (Phi) is 2.59. The third kappa shape index (κ3) is 1.57. The molecule has 0 bridgehead atoms. The molecule has 2 N–H and O–H groups in total. The quantitative estimate of drug-likeness (QED) is 0.398. The highest BCUT2D eigenvalue weighted by Gasteiger charge is 2.65. The summed E-state index contributed by atoms with van der Waals surface area (Å²) in [6.07, 6.45) is 4.87. The third-order valence-corrected chi connectivity index (χ3v) is 3.02. The molecule has 1 saturated heterocycles. The van der Waals surface area contributed by atoms with Crippen molar-refractivity contribution in [2.45, 2.75) is 12.7 Å². The molecular weight excluding hydrogens is 184 g/mol. The molecule has 80 valence electrons.